The Kier molecular flexibility index (Phi) is 10.6. The second kappa shape index (κ2) is 13.9. The van der Waals surface area contributed by atoms with Gasteiger partial charge in [-0.05, 0) is 61.8 Å². The van der Waals surface area contributed by atoms with E-state index in [0.29, 0.717) is 24.5 Å². The lowest BCUT2D eigenvalue weighted by molar-refractivity contribution is -0.128. The van der Waals surface area contributed by atoms with Crippen molar-refractivity contribution in [3.05, 3.63) is 65.0 Å². The number of likely N-dealkylation sites (N-methyl/N-ethyl adjacent to an activating group) is 1. The molecule has 2 aromatic rings. The van der Waals surface area contributed by atoms with Crippen LogP contribution in [0.25, 0.3) is 0 Å². The van der Waals surface area contributed by atoms with Crippen LogP contribution in [0.1, 0.15) is 55.2 Å². The number of likely N-dealkylation sites (tertiary alicyclic amines) is 1. The molecule has 1 aliphatic heterocycles. The summed E-state index contributed by atoms with van der Waals surface area (Å²) in [5.74, 6) is 0.802. The molecule has 36 heavy (non-hydrogen) atoms. The van der Waals surface area contributed by atoms with Crippen molar-refractivity contribution in [2.24, 2.45) is 5.92 Å². The number of aryl methyl sites for hydroxylation is 1. The molecule has 0 bridgehead atoms. The van der Waals surface area contributed by atoms with Crippen molar-refractivity contribution < 1.29 is 23.5 Å². The lowest BCUT2D eigenvalue weighted by atomic mass is 10.1. The first kappa shape index (κ1) is 27.5. The average molecular weight is 499 g/mol. The van der Waals surface area contributed by atoms with Gasteiger partial charge in [0.2, 0.25) is 5.91 Å². The van der Waals surface area contributed by atoms with E-state index in [1.165, 1.54) is 30.2 Å². The predicted octanol–water partition coefficient (Wildman–Crippen LogP) is 5.75. The molecule has 0 atom stereocenters. The molecule has 0 spiro atoms. The molecule has 1 heterocycles. The van der Waals surface area contributed by atoms with Crippen LogP contribution in [-0.2, 0) is 22.6 Å². The standard InChI is InChI=1S/C16H22FNO2.C13H17NO2/c1-11-8-14(17)13(10-16(19)18(2)3)15(9-11)20-7-6-12-4-5-12;15-13(14-9-5-2-6-10-14)16-11-12-7-3-1-4-8-12/h8-9,12H,4-7,10H2,1-3H3;1,3-4,7-8H,2,5-6,9-11H2. The van der Waals surface area contributed by atoms with Gasteiger partial charge in [-0.15, -0.1) is 0 Å². The van der Waals surface area contributed by atoms with Crippen LogP contribution in [0.3, 0.4) is 0 Å². The van der Waals surface area contributed by atoms with Gasteiger partial charge in [-0.3, -0.25) is 4.79 Å². The number of halogens is 1. The van der Waals surface area contributed by atoms with Crippen molar-refractivity contribution in [1.29, 1.82) is 0 Å². The van der Waals surface area contributed by atoms with Gasteiger partial charge in [0, 0.05) is 32.7 Å². The van der Waals surface area contributed by atoms with Crippen molar-refractivity contribution in [3.8, 4) is 5.75 Å². The van der Waals surface area contributed by atoms with Gasteiger partial charge in [-0.2, -0.15) is 0 Å². The van der Waals surface area contributed by atoms with E-state index in [1.807, 2.05) is 43.3 Å². The number of carbonyl (C=O) groups is 2. The smallest absolute Gasteiger partial charge is 0.410 e. The van der Waals surface area contributed by atoms with Crippen LogP contribution in [0.4, 0.5) is 9.18 Å². The molecule has 0 unspecified atom stereocenters. The quantitative estimate of drug-likeness (QED) is 0.465. The number of rotatable bonds is 8. The molecule has 196 valence electrons. The Morgan fingerprint density at radius 1 is 1.06 bits per heavy atom. The fraction of sp³-hybridized carbons (Fsp3) is 0.517. The Labute approximate surface area is 214 Å². The minimum Gasteiger partial charge on any atom is -0.493 e. The van der Waals surface area contributed by atoms with Crippen LogP contribution in [0.5, 0.6) is 5.75 Å². The predicted molar refractivity (Wildman–Crippen MR) is 138 cm³/mol. The Hall–Kier alpha value is -3.09. The Bertz CT molecular complexity index is 986. The molecule has 6 nitrogen and oxygen atoms in total. The van der Waals surface area contributed by atoms with E-state index in [0.717, 1.165) is 49.4 Å². The van der Waals surface area contributed by atoms with Gasteiger partial charge in [0.25, 0.3) is 0 Å². The summed E-state index contributed by atoms with van der Waals surface area (Å²) in [6.45, 7) is 4.47. The third kappa shape index (κ3) is 9.17. The monoisotopic (exact) mass is 498 g/mol. The lowest BCUT2D eigenvalue weighted by Crippen LogP contribution is -2.35. The Morgan fingerprint density at radius 2 is 1.75 bits per heavy atom. The van der Waals surface area contributed by atoms with Crippen LogP contribution >= 0.6 is 0 Å². The summed E-state index contributed by atoms with van der Waals surface area (Å²) in [6.07, 6.45) is 6.84. The number of ether oxygens (including phenoxy) is 2. The third-order valence-corrected chi connectivity index (χ3v) is 6.43. The molecule has 0 N–H and O–H groups in total. The zero-order valence-electron chi connectivity index (χ0n) is 21.8. The Morgan fingerprint density at radius 3 is 2.39 bits per heavy atom. The van der Waals surface area contributed by atoms with Crippen LogP contribution in [0.2, 0.25) is 0 Å². The van der Waals surface area contributed by atoms with E-state index < -0.39 is 0 Å². The van der Waals surface area contributed by atoms with Gasteiger partial charge in [-0.1, -0.05) is 43.2 Å². The number of benzene rings is 2. The largest absolute Gasteiger partial charge is 0.493 e. The summed E-state index contributed by atoms with van der Waals surface area (Å²) in [7, 11) is 3.34. The molecular formula is C29H39FN2O4. The molecule has 1 saturated heterocycles. The highest BCUT2D eigenvalue weighted by atomic mass is 19.1. The molecule has 1 aliphatic carbocycles. The summed E-state index contributed by atoms with van der Waals surface area (Å²) in [6, 6.07) is 13.0. The maximum Gasteiger partial charge on any atom is 0.410 e. The zero-order chi connectivity index (χ0) is 25.9. The number of carbonyl (C=O) groups excluding carboxylic acids is 2. The van der Waals surface area contributed by atoms with E-state index in [4.69, 9.17) is 9.47 Å². The first-order valence-electron chi connectivity index (χ1n) is 12.9. The van der Waals surface area contributed by atoms with E-state index in [9.17, 15) is 14.0 Å². The molecule has 2 amide bonds. The van der Waals surface area contributed by atoms with Crippen molar-refractivity contribution >= 4 is 12.0 Å². The summed E-state index contributed by atoms with van der Waals surface area (Å²) < 4.78 is 25.1. The minimum absolute atomic E-state index is 0.0396. The third-order valence-electron chi connectivity index (χ3n) is 6.43. The van der Waals surface area contributed by atoms with Crippen LogP contribution in [0.15, 0.2) is 42.5 Å². The molecule has 0 radical (unpaired) electrons. The fourth-order valence-corrected chi connectivity index (χ4v) is 3.98. The average Bonchev–Trinajstić information content (AvgIpc) is 3.70. The number of amides is 2. The summed E-state index contributed by atoms with van der Waals surface area (Å²) in [5, 5.41) is 0. The van der Waals surface area contributed by atoms with Crippen molar-refractivity contribution in [1.82, 2.24) is 9.80 Å². The summed E-state index contributed by atoms with van der Waals surface area (Å²) in [5.41, 5.74) is 2.21. The van der Waals surface area contributed by atoms with E-state index in [-0.39, 0.29) is 24.2 Å². The maximum absolute atomic E-state index is 14.1. The highest BCUT2D eigenvalue weighted by molar-refractivity contribution is 5.79. The van der Waals surface area contributed by atoms with Crippen molar-refractivity contribution in [3.63, 3.8) is 0 Å². The SMILES string of the molecule is Cc1cc(F)c(CC(=O)N(C)C)c(OCCC2CC2)c1.O=C(OCc1ccccc1)N1CCCCC1. The second-order valence-electron chi connectivity index (χ2n) is 9.86. The molecule has 2 aromatic carbocycles. The van der Waals surface area contributed by atoms with Gasteiger partial charge in [-0.25, -0.2) is 9.18 Å². The lowest BCUT2D eigenvalue weighted by Gasteiger charge is -2.25. The molecule has 2 fully saturated rings. The first-order chi connectivity index (χ1) is 17.3. The highest BCUT2D eigenvalue weighted by Crippen LogP contribution is 2.33. The number of hydrogen-bond acceptors (Lipinski definition) is 4. The van der Waals surface area contributed by atoms with Gasteiger partial charge < -0.3 is 19.3 Å². The van der Waals surface area contributed by atoms with E-state index >= 15 is 0 Å². The molecule has 0 aromatic heterocycles. The molecule has 2 aliphatic rings. The Balaban J connectivity index is 0.000000205. The number of piperidine rings is 1. The van der Waals surface area contributed by atoms with Crippen LogP contribution in [0, 0.1) is 18.7 Å². The first-order valence-corrected chi connectivity index (χ1v) is 12.9. The van der Waals surface area contributed by atoms with Crippen molar-refractivity contribution in [2.75, 3.05) is 33.8 Å². The van der Waals surface area contributed by atoms with Gasteiger partial charge >= 0.3 is 6.09 Å². The maximum atomic E-state index is 14.1. The summed E-state index contributed by atoms with van der Waals surface area (Å²) >= 11 is 0. The van der Waals surface area contributed by atoms with Crippen LogP contribution in [-0.4, -0.2) is 55.6 Å². The number of hydrogen-bond donors (Lipinski definition) is 0. The zero-order valence-corrected chi connectivity index (χ0v) is 21.8. The topological polar surface area (TPSA) is 59.1 Å². The summed E-state index contributed by atoms with van der Waals surface area (Å²) in [4.78, 5) is 26.7. The fourth-order valence-electron chi connectivity index (χ4n) is 3.98. The van der Waals surface area contributed by atoms with Crippen LogP contribution < -0.4 is 4.74 Å². The van der Waals surface area contributed by atoms with Gasteiger partial charge in [0.05, 0.1) is 13.0 Å². The minimum atomic E-state index is -0.360. The van der Waals surface area contributed by atoms with E-state index in [1.54, 1.807) is 19.0 Å². The highest BCUT2D eigenvalue weighted by Gasteiger charge is 2.22. The van der Waals surface area contributed by atoms with Gasteiger partial charge in [0.15, 0.2) is 0 Å². The van der Waals surface area contributed by atoms with Gasteiger partial charge in [0.1, 0.15) is 18.2 Å². The normalized spacial score (nSPS) is 14.9. The molecule has 4 rings (SSSR count). The molecule has 7 heteroatoms. The number of nitrogens with zero attached hydrogens (tertiary/aromatic N) is 2. The second-order valence-corrected chi connectivity index (χ2v) is 9.86. The van der Waals surface area contributed by atoms with E-state index in [2.05, 4.69) is 0 Å². The molecular weight excluding hydrogens is 459 g/mol. The van der Waals surface area contributed by atoms with Crippen molar-refractivity contribution in [2.45, 2.75) is 58.5 Å². The molecule has 1 saturated carbocycles.